The Hall–Kier alpha value is -0.610. The first-order chi connectivity index (χ1) is 6.65. The van der Waals surface area contributed by atoms with Crippen molar-refractivity contribution in [3.05, 3.63) is 0 Å². The monoisotopic (exact) mass is 200 g/mol. The first-order valence-electron chi connectivity index (χ1n) is 5.25. The van der Waals surface area contributed by atoms with Crippen LogP contribution < -0.4 is 5.32 Å². The van der Waals surface area contributed by atoms with E-state index in [-0.39, 0.29) is 18.4 Å². The molecule has 1 fully saturated rings. The molecule has 0 aromatic heterocycles. The number of amides is 1. The molecule has 0 spiro atoms. The molecule has 1 heterocycles. The molecule has 1 rings (SSSR count). The Morgan fingerprint density at radius 2 is 2.21 bits per heavy atom. The van der Waals surface area contributed by atoms with Crippen LogP contribution in [0.4, 0.5) is 0 Å². The van der Waals surface area contributed by atoms with Gasteiger partial charge < -0.3 is 15.3 Å². The maximum absolute atomic E-state index is 11.5. The standard InChI is InChI=1S/C10H20N2O2/c1-8(2)10(14)12-6-9(7-12)5-11-3-4-13/h8-9,11,13H,3-7H2,1-2H3. The van der Waals surface area contributed by atoms with Gasteiger partial charge in [0.15, 0.2) is 0 Å². The molecule has 0 radical (unpaired) electrons. The molecule has 0 unspecified atom stereocenters. The maximum atomic E-state index is 11.5. The maximum Gasteiger partial charge on any atom is 0.225 e. The predicted octanol–water partition coefficient (Wildman–Crippen LogP) is -0.317. The van der Waals surface area contributed by atoms with E-state index in [2.05, 4.69) is 5.32 Å². The van der Waals surface area contributed by atoms with Crippen molar-refractivity contribution in [2.24, 2.45) is 11.8 Å². The second-order valence-corrected chi connectivity index (χ2v) is 4.19. The van der Waals surface area contributed by atoms with Crippen molar-refractivity contribution in [2.75, 3.05) is 32.8 Å². The van der Waals surface area contributed by atoms with Crippen LogP contribution in [0.3, 0.4) is 0 Å². The van der Waals surface area contributed by atoms with Gasteiger partial charge in [0.2, 0.25) is 5.91 Å². The third-order valence-corrected chi connectivity index (χ3v) is 2.48. The number of aliphatic hydroxyl groups is 1. The lowest BCUT2D eigenvalue weighted by Crippen LogP contribution is -2.54. The lowest BCUT2D eigenvalue weighted by Gasteiger charge is -2.40. The Kier molecular flexibility index (Phi) is 4.35. The molecule has 0 saturated carbocycles. The summed E-state index contributed by atoms with van der Waals surface area (Å²) >= 11 is 0. The zero-order valence-corrected chi connectivity index (χ0v) is 8.99. The second-order valence-electron chi connectivity index (χ2n) is 4.19. The summed E-state index contributed by atoms with van der Waals surface area (Å²) in [6.45, 7) is 7.34. The SMILES string of the molecule is CC(C)C(=O)N1CC(CNCCO)C1. The van der Waals surface area contributed by atoms with E-state index in [0.29, 0.717) is 12.5 Å². The normalized spacial score (nSPS) is 17.3. The zero-order valence-electron chi connectivity index (χ0n) is 8.99. The number of hydrogen-bond donors (Lipinski definition) is 2. The van der Waals surface area contributed by atoms with E-state index in [9.17, 15) is 4.79 Å². The predicted molar refractivity (Wildman–Crippen MR) is 54.9 cm³/mol. The van der Waals surface area contributed by atoms with Gasteiger partial charge in [-0.2, -0.15) is 0 Å². The number of aliphatic hydroxyl groups excluding tert-OH is 1. The first kappa shape index (κ1) is 11.5. The number of nitrogens with one attached hydrogen (secondary N) is 1. The van der Waals surface area contributed by atoms with Crippen molar-refractivity contribution in [3.8, 4) is 0 Å². The highest BCUT2D eigenvalue weighted by atomic mass is 16.3. The fraction of sp³-hybridized carbons (Fsp3) is 0.900. The van der Waals surface area contributed by atoms with Crippen molar-refractivity contribution in [3.63, 3.8) is 0 Å². The van der Waals surface area contributed by atoms with Gasteiger partial charge in [0.25, 0.3) is 0 Å². The average Bonchev–Trinajstić information content (AvgIpc) is 2.08. The van der Waals surface area contributed by atoms with Crippen molar-refractivity contribution >= 4 is 5.91 Å². The van der Waals surface area contributed by atoms with Gasteiger partial charge in [0.1, 0.15) is 0 Å². The van der Waals surface area contributed by atoms with Crippen LogP contribution in [0.2, 0.25) is 0 Å². The summed E-state index contributed by atoms with van der Waals surface area (Å²) in [5.74, 6) is 0.939. The summed E-state index contributed by atoms with van der Waals surface area (Å²) in [5.41, 5.74) is 0. The minimum absolute atomic E-state index is 0.112. The van der Waals surface area contributed by atoms with Gasteiger partial charge in [-0.15, -0.1) is 0 Å². The molecule has 2 N–H and O–H groups in total. The molecule has 0 bridgehead atoms. The number of likely N-dealkylation sites (tertiary alicyclic amines) is 1. The van der Waals surface area contributed by atoms with Gasteiger partial charge in [-0.25, -0.2) is 0 Å². The van der Waals surface area contributed by atoms with E-state index in [1.165, 1.54) is 0 Å². The minimum Gasteiger partial charge on any atom is -0.395 e. The molecule has 0 aromatic rings. The van der Waals surface area contributed by atoms with Crippen LogP contribution >= 0.6 is 0 Å². The van der Waals surface area contributed by atoms with Crippen LogP contribution in [0, 0.1) is 11.8 Å². The minimum atomic E-state index is 0.112. The van der Waals surface area contributed by atoms with Gasteiger partial charge in [-0.1, -0.05) is 13.8 Å². The summed E-state index contributed by atoms with van der Waals surface area (Å²) in [5, 5.41) is 11.7. The van der Waals surface area contributed by atoms with Gasteiger partial charge in [0, 0.05) is 38.0 Å². The number of nitrogens with zero attached hydrogens (tertiary/aromatic N) is 1. The molecule has 0 aliphatic carbocycles. The zero-order chi connectivity index (χ0) is 10.6. The molecule has 1 aliphatic heterocycles. The average molecular weight is 200 g/mol. The van der Waals surface area contributed by atoms with Crippen LogP contribution in [0.1, 0.15) is 13.8 Å². The number of carbonyl (C=O) groups is 1. The Bertz CT molecular complexity index is 189. The molecule has 14 heavy (non-hydrogen) atoms. The largest absolute Gasteiger partial charge is 0.395 e. The quantitative estimate of drug-likeness (QED) is 0.598. The smallest absolute Gasteiger partial charge is 0.225 e. The first-order valence-corrected chi connectivity index (χ1v) is 5.25. The summed E-state index contributed by atoms with van der Waals surface area (Å²) in [6, 6.07) is 0. The summed E-state index contributed by atoms with van der Waals surface area (Å²) in [7, 11) is 0. The fourth-order valence-corrected chi connectivity index (χ4v) is 1.63. The lowest BCUT2D eigenvalue weighted by molar-refractivity contribution is -0.140. The highest BCUT2D eigenvalue weighted by molar-refractivity contribution is 5.78. The number of hydrogen-bond acceptors (Lipinski definition) is 3. The van der Waals surface area contributed by atoms with Crippen LogP contribution in [0.25, 0.3) is 0 Å². The third kappa shape index (κ3) is 2.96. The highest BCUT2D eigenvalue weighted by Gasteiger charge is 2.30. The highest BCUT2D eigenvalue weighted by Crippen LogP contribution is 2.17. The van der Waals surface area contributed by atoms with Crippen LogP contribution in [0.15, 0.2) is 0 Å². The Morgan fingerprint density at radius 3 is 2.71 bits per heavy atom. The van der Waals surface area contributed by atoms with E-state index < -0.39 is 0 Å². The second kappa shape index (κ2) is 5.32. The van der Waals surface area contributed by atoms with Gasteiger partial charge >= 0.3 is 0 Å². The summed E-state index contributed by atoms with van der Waals surface area (Å²) < 4.78 is 0. The molecule has 0 atom stereocenters. The van der Waals surface area contributed by atoms with E-state index >= 15 is 0 Å². The third-order valence-electron chi connectivity index (χ3n) is 2.48. The Labute approximate surface area is 85.3 Å². The van der Waals surface area contributed by atoms with Crippen LogP contribution in [-0.2, 0) is 4.79 Å². The van der Waals surface area contributed by atoms with Crippen LogP contribution in [-0.4, -0.2) is 48.7 Å². The fourth-order valence-electron chi connectivity index (χ4n) is 1.63. The molecular formula is C10H20N2O2. The van der Waals surface area contributed by atoms with Crippen molar-refractivity contribution in [1.82, 2.24) is 10.2 Å². The summed E-state index contributed by atoms with van der Waals surface area (Å²) in [4.78, 5) is 13.4. The molecule has 1 amide bonds. The van der Waals surface area contributed by atoms with E-state index in [1.807, 2.05) is 18.7 Å². The molecular weight excluding hydrogens is 180 g/mol. The van der Waals surface area contributed by atoms with E-state index in [0.717, 1.165) is 19.6 Å². The van der Waals surface area contributed by atoms with Gasteiger partial charge in [0.05, 0.1) is 6.61 Å². The van der Waals surface area contributed by atoms with Crippen molar-refractivity contribution < 1.29 is 9.90 Å². The molecule has 4 heteroatoms. The van der Waals surface area contributed by atoms with Gasteiger partial charge in [-0.05, 0) is 0 Å². The molecule has 1 aliphatic rings. The molecule has 0 aromatic carbocycles. The molecule has 1 saturated heterocycles. The van der Waals surface area contributed by atoms with Crippen molar-refractivity contribution in [1.29, 1.82) is 0 Å². The van der Waals surface area contributed by atoms with Crippen molar-refractivity contribution in [2.45, 2.75) is 13.8 Å². The summed E-state index contributed by atoms with van der Waals surface area (Å²) in [6.07, 6.45) is 0. The van der Waals surface area contributed by atoms with E-state index in [4.69, 9.17) is 5.11 Å². The topological polar surface area (TPSA) is 52.6 Å². The lowest BCUT2D eigenvalue weighted by atomic mass is 9.98. The van der Waals surface area contributed by atoms with Crippen LogP contribution in [0.5, 0.6) is 0 Å². The number of carbonyl (C=O) groups excluding carboxylic acids is 1. The Balaban J connectivity index is 2.08. The van der Waals surface area contributed by atoms with Gasteiger partial charge in [-0.3, -0.25) is 4.79 Å². The molecule has 82 valence electrons. The number of rotatable bonds is 5. The Morgan fingerprint density at radius 1 is 1.57 bits per heavy atom. The molecule has 4 nitrogen and oxygen atoms in total. The van der Waals surface area contributed by atoms with E-state index in [1.54, 1.807) is 0 Å².